The van der Waals surface area contributed by atoms with Crippen LogP contribution < -0.4 is 4.74 Å². The molecule has 0 fully saturated rings. The lowest BCUT2D eigenvalue weighted by Gasteiger charge is -2.07. The first kappa shape index (κ1) is 17.2. The second-order valence-corrected chi connectivity index (χ2v) is 6.45. The summed E-state index contributed by atoms with van der Waals surface area (Å²) in [6, 6.07) is 16.8. The normalized spacial score (nSPS) is 10.9. The zero-order chi connectivity index (χ0) is 18.8. The number of methoxy groups -OCH3 is 1. The van der Waals surface area contributed by atoms with Crippen LogP contribution in [0, 0.1) is 0 Å². The maximum absolute atomic E-state index is 12.7. The first-order valence-electron chi connectivity index (χ1n) is 8.40. The monoisotopic (exact) mass is 377 g/mol. The van der Waals surface area contributed by atoms with E-state index >= 15 is 0 Å². The van der Waals surface area contributed by atoms with Gasteiger partial charge in [0.15, 0.2) is 11.4 Å². The Morgan fingerprint density at radius 3 is 2.52 bits per heavy atom. The number of hydrogen-bond acceptors (Lipinski definition) is 4. The van der Waals surface area contributed by atoms with Crippen LogP contribution in [0.2, 0.25) is 5.02 Å². The number of aromatic nitrogens is 3. The van der Waals surface area contributed by atoms with Crippen LogP contribution in [0.15, 0.2) is 67.0 Å². The summed E-state index contributed by atoms with van der Waals surface area (Å²) in [7, 11) is 1.64. The van der Waals surface area contributed by atoms with Crippen molar-refractivity contribution in [3.8, 4) is 5.75 Å². The number of benzene rings is 2. The molecule has 2 heterocycles. The second kappa shape index (κ2) is 7.21. The van der Waals surface area contributed by atoms with E-state index in [1.54, 1.807) is 30.1 Å². The van der Waals surface area contributed by atoms with Crippen LogP contribution in [0.4, 0.5) is 0 Å². The highest BCUT2D eigenvalue weighted by atomic mass is 35.5. The zero-order valence-electron chi connectivity index (χ0n) is 14.6. The molecule has 2 aromatic heterocycles. The van der Waals surface area contributed by atoms with Crippen molar-refractivity contribution >= 4 is 28.4 Å². The molecule has 0 amide bonds. The molecule has 5 nitrogen and oxygen atoms in total. The fourth-order valence-corrected chi connectivity index (χ4v) is 3.19. The third-order valence-corrected chi connectivity index (χ3v) is 4.78. The molecule has 0 bridgehead atoms. The van der Waals surface area contributed by atoms with Crippen LogP contribution in [-0.4, -0.2) is 27.7 Å². The van der Waals surface area contributed by atoms with Gasteiger partial charge in [0.05, 0.1) is 35.8 Å². The number of rotatable bonds is 5. The number of fused-ring (bicyclic) bond motifs is 1. The van der Waals surface area contributed by atoms with Gasteiger partial charge in [0, 0.05) is 11.8 Å². The lowest BCUT2D eigenvalue weighted by molar-refractivity contribution is 0.103. The highest BCUT2D eigenvalue weighted by Crippen LogP contribution is 2.27. The van der Waals surface area contributed by atoms with Gasteiger partial charge < -0.3 is 4.74 Å². The van der Waals surface area contributed by atoms with E-state index in [0.29, 0.717) is 33.7 Å². The Morgan fingerprint density at radius 1 is 1.07 bits per heavy atom. The van der Waals surface area contributed by atoms with E-state index in [9.17, 15) is 4.79 Å². The van der Waals surface area contributed by atoms with Crippen molar-refractivity contribution in [2.24, 2.45) is 0 Å². The van der Waals surface area contributed by atoms with E-state index in [1.807, 2.05) is 42.5 Å². The molecule has 4 aromatic rings. The van der Waals surface area contributed by atoms with Crippen LogP contribution in [-0.2, 0) is 6.54 Å². The van der Waals surface area contributed by atoms with Crippen molar-refractivity contribution in [2.45, 2.75) is 6.54 Å². The molecule has 0 saturated heterocycles. The van der Waals surface area contributed by atoms with Gasteiger partial charge in [-0.05, 0) is 17.7 Å². The first-order chi connectivity index (χ1) is 13.2. The molecule has 0 aliphatic rings. The van der Waals surface area contributed by atoms with Gasteiger partial charge in [-0.25, -0.2) is 9.67 Å². The minimum absolute atomic E-state index is 0.155. The number of ether oxygens (including phenoxy) is 1. The summed E-state index contributed by atoms with van der Waals surface area (Å²) < 4.78 is 6.94. The number of nitrogens with zero attached hydrogens (tertiary/aromatic N) is 3. The maximum Gasteiger partial charge on any atom is 0.196 e. The largest absolute Gasteiger partial charge is 0.497 e. The fraction of sp³-hybridized carbons (Fsp3) is 0.0952. The number of carbonyl (C=O) groups is 1. The van der Waals surface area contributed by atoms with E-state index in [1.165, 1.54) is 6.20 Å². The summed E-state index contributed by atoms with van der Waals surface area (Å²) in [5.74, 6) is 0.646. The first-order valence-corrected chi connectivity index (χ1v) is 8.78. The van der Waals surface area contributed by atoms with E-state index < -0.39 is 0 Å². The highest BCUT2D eigenvalue weighted by Gasteiger charge is 2.18. The number of halogens is 1. The van der Waals surface area contributed by atoms with Gasteiger partial charge in [-0.3, -0.25) is 4.79 Å². The molecule has 4 rings (SSSR count). The molecule has 0 aliphatic heterocycles. The number of pyridine rings is 1. The van der Waals surface area contributed by atoms with Crippen molar-refractivity contribution in [3.05, 3.63) is 88.7 Å². The topological polar surface area (TPSA) is 57.0 Å². The third-order valence-electron chi connectivity index (χ3n) is 4.37. The zero-order valence-corrected chi connectivity index (χ0v) is 15.3. The Morgan fingerprint density at radius 2 is 1.81 bits per heavy atom. The Labute approximate surface area is 161 Å². The van der Waals surface area contributed by atoms with Crippen molar-refractivity contribution in [1.29, 1.82) is 0 Å². The standard InChI is InChI=1S/C21H16ClN3O2/c1-27-16-9-7-14(8-10-16)13-25-21-18(12-24-25)19(22)17(11-23-21)20(26)15-5-3-2-4-6-15/h2-12H,13H2,1H3. The third kappa shape index (κ3) is 3.29. The van der Waals surface area contributed by atoms with Crippen molar-refractivity contribution in [1.82, 2.24) is 14.8 Å². The number of ketones is 1. The minimum Gasteiger partial charge on any atom is -0.497 e. The smallest absolute Gasteiger partial charge is 0.196 e. The van der Waals surface area contributed by atoms with Gasteiger partial charge in [-0.2, -0.15) is 5.10 Å². The van der Waals surface area contributed by atoms with Crippen molar-refractivity contribution in [2.75, 3.05) is 7.11 Å². The SMILES string of the molecule is COc1ccc(Cn2ncc3c(Cl)c(C(=O)c4ccccc4)cnc32)cc1. The average Bonchev–Trinajstić information content (AvgIpc) is 3.13. The van der Waals surface area contributed by atoms with E-state index in [2.05, 4.69) is 10.1 Å². The highest BCUT2D eigenvalue weighted by molar-refractivity contribution is 6.39. The molecule has 0 spiro atoms. The number of carbonyl (C=O) groups excluding carboxylic acids is 1. The van der Waals surface area contributed by atoms with Crippen LogP contribution in [0.3, 0.4) is 0 Å². The quantitative estimate of drug-likeness (QED) is 0.484. The molecule has 0 atom stereocenters. The molecule has 0 aliphatic carbocycles. The fourth-order valence-electron chi connectivity index (χ4n) is 2.92. The molecular formula is C21H16ClN3O2. The second-order valence-electron chi connectivity index (χ2n) is 6.07. The summed E-state index contributed by atoms with van der Waals surface area (Å²) in [6.07, 6.45) is 3.17. The molecule has 0 unspecified atom stereocenters. The lowest BCUT2D eigenvalue weighted by atomic mass is 10.0. The van der Waals surface area contributed by atoms with Gasteiger partial charge in [0.1, 0.15) is 5.75 Å². The molecule has 0 N–H and O–H groups in total. The Hall–Kier alpha value is -3.18. The van der Waals surface area contributed by atoms with Crippen molar-refractivity contribution in [3.63, 3.8) is 0 Å². The van der Waals surface area contributed by atoms with Gasteiger partial charge in [-0.15, -0.1) is 0 Å². The summed E-state index contributed by atoms with van der Waals surface area (Å²) in [6.45, 7) is 0.544. The van der Waals surface area contributed by atoms with Crippen LogP contribution in [0.1, 0.15) is 21.5 Å². The molecular weight excluding hydrogens is 362 g/mol. The van der Waals surface area contributed by atoms with E-state index in [0.717, 1.165) is 11.3 Å². The van der Waals surface area contributed by atoms with Gasteiger partial charge in [0.25, 0.3) is 0 Å². The summed E-state index contributed by atoms with van der Waals surface area (Å²) in [5.41, 5.74) is 2.65. The molecule has 134 valence electrons. The van der Waals surface area contributed by atoms with Gasteiger partial charge in [-0.1, -0.05) is 54.1 Å². The Kier molecular flexibility index (Phi) is 4.60. The predicted octanol–water partition coefficient (Wildman–Crippen LogP) is 4.37. The van der Waals surface area contributed by atoms with Crippen molar-refractivity contribution < 1.29 is 9.53 Å². The average molecular weight is 378 g/mol. The summed E-state index contributed by atoms with van der Waals surface area (Å²) in [4.78, 5) is 17.2. The van der Waals surface area contributed by atoms with E-state index in [-0.39, 0.29) is 5.78 Å². The van der Waals surface area contributed by atoms with Gasteiger partial charge in [0.2, 0.25) is 0 Å². The lowest BCUT2D eigenvalue weighted by Crippen LogP contribution is -2.05. The minimum atomic E-state index is -0.155. The molecule has 6 heteroatoms. The van der Waals surface area contributed by atoms with E-state index in [4.69, 9.17) is 16.3 Å². The summed E-state index contributed by atoms with van der Waals surface area (Å²) in [5, 5.41) is 5.42. The molecule has 0 saturated carbocycles. The van der Waals surface area contributed by atoms with Crippen LogP contribution >= 0.6 is 11.6 Å². The molecule has 27 heavy (non-hydrogen) atoms. The van der Waals surface area contributed by atoms with Gasteiger partial charge >= 0.3 is 0 Å². The van der Waals surface area contributed by atoms with Crippen LogP contribution in [0.5, 0.6) is 5.75 Å². The Balaban J connectivity index is 1.68. The summed E-state index contributed by atoms with van der Waals surface area (Å²) >= 11 is 6.51. The predicted molar refractivity (Wildman–Crippen MR) is 105 cm³/mol. The number of hydrogen-bond donors (Lipinski definition) is 0. The Bertz CT molecular complexity index is 1110. The maximum atomic E-state index is 12.7. The van der Waals surface area contributed by atoms with Crippen LogP contribution in [0.25, 0.3) is 11.0 Å². The molecule has 2 aromatic carbocycles. The molecule has 0 radical (unpaired) electrons.